The van der Waals surface area contributed by atoms with E-state index in [1.807, 2.05) is 36.4 Å². The van der Waals surface area contributed by atoms with Crippen LogP contribution in [0.15, 0.2) is 40.9 Å². The fourth-order valence-electron chi connectivity index (χ4n) is 2.45. The van der Waals surface area contributed by atoms with Crippen molar-refractivity contribution in [2.75, 3.05) is 6.54 Å². The van der Waals surface area contributed by atoms with E-state index in [4.69, 9.17) is 23.2 Å². The quantitative estimate of drug-likeness (QED) is 0.746. The molecule has 1 atom stereocenters. The van der Waals surface area contributed by atoms with Gasteiger partial charge in [-0.1, -0.05) is 29.8 Å². The number of nitrogens with one attached hydrogen (secondary N) is 1. The highest BCUT2D eigenvalue weighted by atomic mass is 79.9. The summed E-state index contributed by atoms with van der Waals surface area (Å²) in [5.74, 6) is -0.0317. The molecule has 0 saturated heterocycles. The summed E-state index contributed by atoms with van der Waals surface area (Å²) in [5, 5.41) is 3.13. The summed E-state index contributed by atoms with van der Waals surface area (Å²) in [4.78, 5) is 11.9. The van der Waals surface area contributed by atoms with Crippen LogP contribution in [0.3, 0.4) is 0 Å². The number of hydrogen-bond donors (Lipinski definition) is 1. The summed E-state index contributed by atoms with van der Waals surface area (Å²) in [7, 11) is 0. The zero-order valence-corrected chi connectivity index (χ0v) is 14.1. The van der Waals surface area contributed by atoms with Crippen molar-refractivity contribution in [3.05, 3.63) is 68.1 Å². The zero-order valence-electron chi connectivity index (χ0n) is 11.0. The molecule has 0 radical (unpaired) electrons. The number of rotatable bonds is 2. The normalized spacial score (nSPS) is 15.3. The van der Waals surface area contributed by atoms with E-state index in [0.717, 1.165) is 27.6 Å². The van der Waals surface area contributed by atoms with Crippen molar-refractivity contribution in [2.24, 2.45) is 0 Å². The first-order valence-electron chi connectivity index (χ1n) is 6.56. The number of benzene rings is 2. The summed E-state index contributed by atoms with van der Waals surface area (Å²) in [6.07, 6.45) is 0.860. The highest BCUT2D eigenvalue weighted by Gasteiger charge is 2.19. The number of carbonyl (C=O) groups is 1. The van der Waals surface area contributed by atoms with Gasteiger partial charge in [-0.15, -0.1) is 11.6 Å². The van der Waals surface area contributed by atoms with Crippen LogP contribution >= 0.6 is 39.1 Å². The van der Waals surface area contributed by atoms with E-state index in [-0.39, 0.29) is 11.3 Å². The molecular formula is C16H12BrCl2NO. The molecule has 5 heteroatoms. The Hall–Kier alpha value is -1.03. The summed E-state index contributed by atoms with van der Waals surface area (Å²) in [6.45, 7) is 0.692. The maximum Gasteiger partial charge on any atom is 0.251 e. The number of halogens is 3. The van der Waals surface area contributed by atoms with Gasteiger partial charge < -0.3 is 5.32 Å². The third kappa shape index (κ3) is 2.96. The lowest BCUT2D eigenvalue weighted by atomic mass is 9.95. The molecule has 0 aliphatic carbocycles. The van der Waals surface area contributed by atoms with Gasteiger partial charge in [0.25, 0.3) is 5.91 Å². The average Bonchev–Trinajstić information content (AvgIpc) is 2.49. The molecular weight excluding hydrogens is 373 g/mol. The topological polar surface area (TPSA) is 29.1 Å². The van der Waals surface area contributed by atoms with Crippen molar-refractivity contribution < 1.29 is 4.79 Å². The third-order valence-electron chi connectivity index (χ3n) is 3.59. The van der Waals surface area contributed by atoms with Crippen molar-refractivity contribution >= 4 is 45.0 Å². The van der Waals surface area contributed by atoms with Crippen LogP contribution in [0.2, 0.25) is 5.02 Å². The van der Waals surface area contributed by atoms with Crippen LogP contribution in [0.5, 0.6) is 0 Å². The average molecular weight is 385 g/mol. The Morgan fingerprint density at radius 2 is 1.86 bits per heavy atom. The van der Waals surface area contributed by atoms with E-state index in [1.165, 1.54) is 0 Å². The lowest BCUT2D eigenvalue weighted by Crippen LogP contribution is -2.31. The second-order valence-electron chi connectivity index (χ2n) is 4.96. The predicted molar refractivity (Wildman–Crippen MR) is 89.3 cm³/mol. The van der Waals surface area contributed by atoms with Crippen molar-refractivity contribution in [1.82, 2.24) is 5.32 Å². The van der Waals surface area contributed by atoms with Crippen LogP contribution in [0.25, 0.3) is 0 Å². The van der Waals surface area contributed by atoms with Crippen molar-refractivity contribution in [3.8, 4) is 0 Å². The van der Waals surface area contributed by atoms with Gasteiger partial charge in [0.15, 0.2) is 0 Å². The van der Waals surface area contributed by atoms with E-state index in [0.29, 0.717) is 17.1 Å². The standard InChI is InChI=1S/C16H12BrCl2NO/c17-13-4-3-11(8-14(13)18)15(19)10-2-1-9-5-6-20-16(21)12(9)7-10/h1-4,7-8,15H,5-6H2,(H,20,21). The molecule has 0 aromatic heterocycles. The Morgan fingerprint density at radius 3 is 2.62 bits per heavy atom. The minimum Gasteiger partial charge on any atom is -0.352 e. The molecule has 108 valence electrons. The minimum absolute atomic E-state index is 0.0317. The molecule has 0 fully saturated rings. The number of amides is 1. The maximum atomic E-state index is 11.9. The monoisotopic (exact) mass is 383 g/mol. The second-order valence-corrected chi connectivity index (χ2v) is 6.66. The predicted octanol–water partition coefficient (Wildman–Crippen LogP) is 4.72. The summed E-state index contributed by atoms with van der Waals surface area (Å²) in [6, 6.07) is 11.5. The molecule has 1 N–H and O–H groups in total. The SMILES string of the molecule is O=C1NCCc2ccc(C(Cl)c3ccc(Br)c(Cl)c3)cc21. The summed E-state index contributed by atoms with van der Waals surface area (Å²) >= 11 is 16.0. The largest absolute Gasteiger partial charge is 0.352 e. The third-order valence-corrected chi connectivity index (χ3v) is 5.32. The first-order valence-corrected chi connectivity index (χ1v) is 8.17. The molecule has 1 unspecified atom stereocenters. The molecule has 3 rings (SSSR count). The summed E-state index contributed by atoms with van der Waals surface area (Å²) in [5.41, 5.74) is 3.58. The molecule has 1 aliphatic heterocycles. The zero-order chi connectivity index (χ0) is 15.0. The molecule has 21 heavy (non-hydrogen) atoms. The molecule has 2 aromatic carbocycles. The van der Waals surface area contributed by atoms with Crippen LogP contribution < -0.4 is 5.32 Å². The van der Waals surface area contributed by atoms with Gasteiger partial charge >= 0.3 is 0 Å². The lowest BCUT2D eigenvalue weighted by molar-refractivity contribution is 0.0946. The second kappa shape index (κ2) is 5.99. The lowest BCUT2D eigenvalue weighted by Gasteiger charge is -2.19. The first-order chi connectivity index (χ1) is 10.1. The van der Waals surface area contributed by atoms with Crippen LogP contribution in [0.1, 0.15) is 32.4 Å². The maximum absolute atomic E-state index is 11.9. The summed E-state index contributed by atoms with van der Waals surface area (Å²) < 4.78 is 0.835. The Morgan fingerprint density at radius 1 is 1.14 bits per heavy atom. The molecule has 1 amide bonds. The smallest absolute Gasteiger partial charge is 0.251 e. The van der Waals surface area contributed by atoms with Gasteiger partial charge in [-0.3, -0.25) is 4.79 Å². The van der Waals surface area contributed by atoms with Crippen LogP contribution in [0.4, 0.5) is 0 Å². The van der Waals surface area contributed by atoms with Crippen molar-refractivity contribution in [2.45, 2.75) is 11.8 Å². The number of carbonyl (C=O) groups excluding carboxylic acids is 1. The first kappa shape index (κ1) is 14.9. The van der Waals surface area contributed by atoms with E-state index < -0.39 is 0 Å². The van der Waals surface area contributed by atoms with Crippen molar-refractivity contribution in [3.63, 3.8) is 0 Å². The van der Waals surface area contributed by atoms with Gasteiger partial charge in [-0.05, 0) is 57.2 Å². The molecule has 0 spiro atoms. The van der Waals surface area contributed by atoms with Crippen molar-refractivity contribution in [1.29, 1.82) is 0 Å². The number of hydrogen-bond acceptors (Lipinski definition) is 1. The molecule has 1 heterocycles. The molecule has 2 nitrogen and oxygen atoms in total. The highest BCUT2D eigenvalue weighted by molar-refractivity contribution is 9.10. The molecule has 0 saturated carbocycles. The van der Waals surface area contributed by atoms with E-state index in [2.05, 4.69) is 21.2 Å². The fraction of sp³-hybridized carbons (Fsp3) is 0.188. The van der Waals surface area contributed by atoms with E-state index in [1.54, 1.807) is 0 Å². The number of alkyl halides is 1. The molecule has 1 aliphatic rings. The Bertz CT molecular complexity index is 717. The molecule has 0 bridgehead atoms. The minimum atomic E-state index is -0.337. The number of fused-ring (bicyclic) bond motifs is 1. The Labute approximate surface area is 141 Å². The van der Waals surface area contributed by atoms with E-state index >= 15 is 0 Å². The Balaban J connectivity index is 1.98. The van der Waals surface area contributed by atoms with Gasteiger partial charge in [0.2, 0.25) is 0 Å². The molecule has 2 aromatic rings. The van der Waals surface area contributed by atoms with Crippen LogP contribution in [-0.4, -0.2) is 12.5 Å². The van der Waals surface area contributed by atoms with Gasteiger partial charge in [0, 0.05) is 16.6 Å². The fourth-order valence-corrected chi connectivity index (χ4v) is 3.16. The van der Waals surface area contributed by atoms with Crippen LogP contribution in [-0.2, 0) is 6.42 Å². The van der Waals surface area contributed by atoms with Gasteiger partial charge in [-0.2, -0.15) is 0 Å². The highest BCUT2D eigenvalue weighted by Crippen LogP contribution is 2.34. The van der Waals surface area contributed by atoms with Gasteiger partial charge in [0.1, 0.15) is 0 Å². The van der Waals surface area contributed by atoms with Gasteiger partial charge in [-0.25, -0.2) is 0 Å². The van der Waals surface area contributed by atoms with Crippen LogP contribution in [0, 0.1) is 0 Å². The van der Waals surface area contributed by atoms with E-state index in [9.17, 15) is 4.79 Å². The Kier molecular flexibility index (Phi) is 4.25. The van der Waals surface area contributed by atoms with Gasteiger partial charge in [0.05, 0.1) is 10.4 Å².